The molecule has 1 atom stereocenters. The van der Waals surface area contributed by atoms with E-state index in [9.17, 15) is 14.4 Å². The number of benzene rings is 2. The van der Waals surface area contributed by atoms with Crippen LogP contribution >= 0.6 is 0 Å². The fourth-order valence-corrected chi connectivity index (χ4v) is 3.91. The van der Waals surface area contributed by atoms with Crippen LogP contribution in [0.2, 0.25) is 0 Å². The molecule has 7 nitrogen and oxygen atoms in total. The van der Waals surface area contributed by atoms with Gasteiger partial charge in [0.05, 0.1) is 6.10 Å². The van der Waals surface area contributed by atoms with E-state index in [2.05, 4.69) is 10.6 Å². The summed E-state index contributed by atoms with van der Waals surface area (Å²) in [7, 11) is 1.57. The molecule has 2 aromatic rings. The first-order valence-corrected chi connectivity index (χ1v) is 10.9. The Morgan fingerprint density at radius 3 is 2.53 bits per heavy atom. The fourth-order valence-electron chi connectivity index (χ4n) is 3.91. The van der Waals surface area contributed by atoms with Gasteiger partial charge in [0.2, 0.25) is 5.91 Å². The van der Waals surface area contributed by atoms with Crippen LogP contribution < -0.4 is 15.5 Å². The highest BCUT2D eigenvalue weighted by Gasteiger charge is 2.25. The molecule has 0 unspecified atom stereocenters. The number of amides is 3. The molecule has 7 heteroatoms. The maximum Gasteiger partial charge on any atom is 0.313 e. The number of methoxy groups -OCH3 is 1. The van der Waals surface area contributed by atoms with Gasteiger partial charge in [-0.1, -0.05) is 44.2 Å². The second-order valence-electron chi connectivity index (χ2n) is 8.34. The van der Waals surface area contributed by atoms with Crippen LogP contribution in [-0.2, 0) is 25.5 Å². The Morgan fingerprint density at radius 1 is 1.09 bits per heavy atom. The standard InChI is InChI=1S/C25H31N3O4/c1-16(2)25(31)28-13-7-9-18-11-12-19(14-21(18)28)27-24(30)23(29)26-15-22(32-4)20-10-6-5-8-17(20)3/h5-6,8,10-12,14,16,22H,7,9,13,15H2,1-4H3,(H,26,29)(H,27,30)/t22-/m0/s1. The molecule has 0 saturated carbocycles. The summed E-state index contributed by atoms with van der Waals surface area (Å²) in [5, 5.41) is 5.29. The number of carbonyl (C=O) groups excluding carboxylic acids is 3. The van der Waals surface area contributed by atoms with E-state index in [1.54, 1.807) is 24.1 Å². The third kappa shape index (κ3) is 5.34. The van der Waals surface area contributed by atoms with Crippen LogP contribution in [0.4, 0.5) is 11.4 Å². The second-order valence-corrected chi connectivity index (χ2v) is 8.34. The van der Waals surface area contributed by atoms with Crippen molar-refractivity contribution in [2.24, 2.45) is 5.92 Å². The minimum absolute atomic E-state index is 0.0500. The minimum atomic E-state index is -0.762. The summed E-state index contributed by atoms with van der Waals surface area (Å²) in [6.07, 6.45) is 1.43. The monoisotopic (exact) mass is 437 g/mol. The zero-order valence-electron chi connectivity index (χ0n) is 19.1. The molecule has 1 aliphatic rings. The van der Waals surface area contributed by atoms with Crippen molar-refractivity contribution in [3.8, 4) is 0 Å². The van der Waals surface area contributed by atoms with Crippen LogP contribution in [0, 0.1) is 12.8 Å². The van der Waals surface area contributed by atoms with Gasteiger partial charge in [0.15, 0.2) is 0 Å². The lowest BCUT2D eigenvalue weighted by atomic mass is 9.99. The number of ether oxygens (including phenoxy) is 1. The molecule has 3 amide bonds. The van der Waals surface area contributed by atoms with Crippen molar-refractivity contribution in [2.75, 3.05) is 30.4 Å². The number of nitrogens with one attached hydrogen (secondary N) is 2. The Labute approximate surface area is 189 Å². The van der Waals surface area contributed by atoms with Gasteiger partial charge in [-0.2, -0.15) is 0 Å². The number of fused-ring (bicyclic) bond motifs is 1. The van der Waals surface area contributed by atoms with Gasteiger partial charge < -0.3 is 20.3 Å². The van der Waals surface area contributed by atoms with Gasteiger partial charge in [-0.3, -0.25) is 14.4 Å². The van der Waals surface area contributed by atoms with Gasteiger partial charge in [0, 0.05) is 37.5 Å². The van der Waals surface area contributed by atoms with E-state index >= 15 is 0 Å². The van der Waals surface area contributed by atoms with E-state index < -0.39 is 11.8 Å². The predicted octanol–water partition coefficient (Wildman–Crippen LogP) is 3.37. The predicted molar refractivity (Wildman–Crippen MR) is 125 cm³/mol. The number of rotatable bonds is 6. The van der Waals surface area contributed by atoms with E-state index in [1.165, 1.54) is 0 Å². The summed E-state index contributed by atoms with van der Waals surface area (Å²) in [5.74, 6) is -1.57. The Morgan fingerprint density at radius 2 is 1.84 bits per heavy atom. The molecule has 2 N–H and O–H groups in total. The molecule has 0 saturated heterocycles. The van der Waals surface area contributed by atoms with Crippen molar-refractivity contribution < 1.29 is 19.1 Å². The molecule has 1 aliphatic heterocycles. The molecular weight excluding hydrogens is 406 g/mol. The maximum absolute atomic E-state index is 12.6. The molecule has 0 fully saturated rings. The molecule has 170 valence electrons. The Bertz CT molecular complexity index is 1000. The molecule has 0 bridgehead atoms. The van der Waals surface area contributed by atoms with E-state index in [4.69, 9.17) is 4.74 Å². The SMILES string of the molecule is CO[C@@H](CNC(=O)C(=O)Nc1ccc2c(c1)N(C(=O)C(C)C)CCC2)c1ccccc1C. The van der Waals surface area contributed by atoms with Gasteiger partial charge in [0.1, 0.15) is 0 Å². The molecule has 0 spiro atoms. The molecular formula is C25H31N3O4. The summed E-state index contributed by atoms with van der Waals surface area (Å²) in [5.41, 5.74) is 4.35. The van der Waals surface area contributed by atoms with Gasteiger partial charge in [0.25, 0.3) is 0 Å². The highest BCUT2D eigenvalue weighted by Crippen LogP contribution is 2.31. The normalized spacial score (nSPS) is 14.0. The average Bonchev–Trinajstić information content (AvgIpc) is 2.79. The summed E-state index contributed by atoms with van der Waals surface area (Å²) >= 11 is 0. The highest BCUT2D eigenvalue weighted by atomic mass is 16.5. The number of hydrogen-bond acceptors (Lipinski definition) is 4. The first kappa shape index (κ1) is 23.5. The number of nitrogens with zero attached hydrogens (tertiary/aromatic N) is 1. The van der Waals surface area contributed by atoms with Crippen molar-refractivity contribution in [1.29, 1.82) is 0 Å². The van der Waals surface area contributed by atoms with Gasteiger partial charge in [-0.05, 0) is 48.6 Å². The smallest absolute Gasteiger partial charge is 0.313 e. The van der Waals surface area contributed by atoms with E-state index in [0.29, 0.717) is 12.2 Å². The molecule has 2 aromatic carbocycles. The van der Waals surface area contributed by atoms with Crippen LogP contribution in [0.3, 0.4) is 0 Å². The van der Waals surface area contributed by atoms with Crippen LogP contribution in [0.5, 0.6) is 0 Å². The first-order chi connectivity index (χ1) is 15.3. The van der Waals surface area contributed by atoms with Gasteiger partial charge >= 0.3 is 11.8 Å². The summed E-state index contributed by atoms with van der Waals surface area (Å²) in [6.45, 7) is 6.54. The summed E-state index contributed by atoms with van der Waals surface area (Å²) < 4.78 is 5.50. The first-order valence-electron chi connectivity index (χ1n) is 10.9. The zero-order chi connectivity index (χ0) is 23.3. The number of aryl methyl sites for hydroxylation is 2. The third-order valence-corrected chi connectivity index (χ3v) is 5.70. The molecule has 32 heavy (non-hydrogen) atoms. The van der Waals surface area contributed by atoms with Crippen molar-refractivity contribution in [2.45, 2.75) is 39.7 Å². The number of anilines is 2. The summed E-state index contributed by atoms with van der Waals surface area (Å²) in [4.78, 5) is 39.2. The topological polar surface area (TPSA) is 87.7 Å². The minimum Gasteiger partial charge on any atom is -0.375 e. The van der Waals surface area contributed by atoms with Crippen molar-refractivity contribution in [3.05, 3.63) is 59.2 Å². The van der Waals surface area contributed by atoms with E-state index in [0.717, 1.165) is 35.2 Å². The largest absolute Gasteiger partial charge is 0.375 e. The van der Waals surface area contributed by atoms with Crippen molar-refractivity contribution in [1.82, 2.24) is 5.32 Å². The average molecular weight is 438 g/mol. The Kier molecular flexibility index (Phi) is 7.64. The lowest BCUT2D eigenvalue weighted by molar-refractivity contribution is -0.136. The molecule has 1 heterocycles. The molecule has 0 aliphatic carbocycles. The zero-order valence-corrected chi connectivity index (χ0v) is 19.1. The molecule has 3 rings (SSSR count). The number of hydrogen-bond donors (Lipinski definition) is 2. The van der Waals surface area contributed by atoms with Crippen molar-refractivity contribution in [3.63, 3.8) is 0 Å². The van der Waals surface area contributed by atoms with Crippen LogP contribution in [-0.4, -0.2) is 37.9 Å². The number of carbonyl (C=O) groups is 3. The lowest BCUT2D eigenvalue weighted by Crippen LogP contribution is -2.39. The quantitative estimate of drug-likeness (QED) is 0.679. The highest BCUT2D eigenvalue weighted by molar-refractivity contribution is 6.39. The lowest BCUT2D eigenvalue weighted by Gasteiger charge is -2.31. The van der Waals surface area contributed by atoms with Crippen LogP contribution in [0.25, 0.3) is 0 Å². The van der Waals surface area contributed by atoms with Gasteiger partial charge in [-0.25, -0.2) is 0 Å². The molecule has 0 aromatic heterocycles. The van der Waals surface area contributed by atoms with Gasteiger partial charge in [-0.15, -0.1) is 0 Å². The molecule has 0 radical (unpaired) electrons. The van der Waals surface area contributed by atoms with E-state index in [1.807, 2.05) is 51.1 Å². The van der Waals surface area contributed by atoms with Crippen molar-refractivity contribution >= 4 is 29.1 Å². The Hall–Kier alpha value is -3.19. The third-order valence-electron chi connectivity index (χ3n) is 5.70. The van der Waals surface area contributed by atoms with Crippen LogP contribution in [0.1, 0.15) is 43.1 Å². The fraction of sp³-hybridized carbons (Fsp3) is 0.400. The maximum atomic E-state index is 12.6. The second kappa shape index (κ2) is 10.4. The van der Waals surface area contributed by atoms with E-state index in [-0.39, 0.29) is 24.5 Å². The Balaban J connectivity index is 1.65. The summed E-state index contributed by atoms with van der Waals surface area (Å²) in [6, 6.07) is 13.2. The van der Waals surface area contributed by atoms with Crippen LogP contribution in [0.15, 0.2) is 42.5 Å².